The van der Waals surface area contributed by atoms with Gasteiger partial charge in [0.25, 0.3) is 0 Å². The van der Waals surface area contributed by atoms with Crippen LogP contribution >= 0.6 is 0 Å². The molecule has 2 aromatic carbocycles. The summed E-state index contributed by atoms with van der Waals surface area (Å²) in [5.41, 5.74) is 2.28. The lowest BCUT2D eigenvalue weighted by atomic mass is 10.2. The third kappa shape index (κ3) is 3.19. The Bertz CT molecular complexity index is 547. The molecule has 0 spiro atoms. The third-order valence-electron chi connectivity index (χ3n) is 2.96. The minimum atomic E-state index is 0.807. The van der Waals surface area contributed by atoms with Gasteiger partial charge in [-0.05, 0) is 55.0 Å². The zero-order valence-electron chi connectivity index (χ0n) is 11.8. The molecular formula is C16H19NO2. The lowest BCUT2D eigenvalue weighted by Crippen LogP contribution is -2.08. The van der Waals surface area contributed by atoms with Crippen molar-refractivity contribution in [3.05, 3.63) is 48.0 Å². The molecule has 0 unspecified atom stereocenters. The van der Waals surface area contributed by atoms with Crippen LogP contribution in [0.15, 0.2) is 42.5 Å². The molecule has 0 aromatic heterocycles. The van der Waals surface area contributed by atoms with E-state index in [1.54, 1.807) is 7.11 Å². The predicted molar refractivity (Wildman–Crippen MR) is 78.6 cm³/mol. The average Bonchev–Trinajstić information content (AvgIpc) is 2.41. The zero-order valence-corrected chi connectivity index (χ0v) is 11.8. The van der Waals surface area contributed by atoms with E-state index < -0.39 is 0 Å². The monoisotopic (exact) mass is 257 g/mol. The van der Waals surface area contributed by atoms with Gasteiger partial charge in [-0.1, -0.05) is 0 Å². The largest absolute Gasteiger partial charge is 0.497 e. The molecule has 0 aliphatic carbocycles. The number of hydrogen-bond donors (Lipinski definition) is 0. The Hall–Kier alpha value is -2.16. The molecule has 0 fully saturated rings. The fourth-order valence-corrected chi connectivity index (χ4v) is 1.80. The number of benzene rings is 2. The maximum absolute atomic E-state index is 5.87. The van der Waals surface area contributed by atoms with Crippen LogP contribution in [0.4, 0.5) is 5.69 Å². The van der Waals surface area contributed by atoms with Gasteiger partial charge in [-0.2, -0.15) is 0 Å². The van der Waals surface area contributed by atoms with Gasteiger partial charge in [-0.15, -0.1) is 0 Å². The Balaban J connectivity index is 2.18. The fourth-order valence-electron chi connectivity index (χ4n) is 1.80. The molecule has 0 atom stereocenters. The molecule has 3 nitrogen and oxygen atoms in total. The van der Waals surface area contributed by atoms with Crippen LogP contribution in [0.1, 0.15) is 5.56 Å². The molecule has 0 aliphatic rings. The second-order valence-corrected chi connectivity index (χ2v) is 4.62. The molecule has 0 N–H and O–H groups in total. The first-order valence-electron chi connectivity index (χ1n) is 6.20. The first kappa shape index (κ1) is 13.3. The van der Waals surface area contributed by atoms with Crippen molar-refractivity contribution in [2.24, 2.45) is 0 Å². The lowest BCUT2D eigenvalue weighted by Gasteiger charge is -2.15. The van der Waals surface area contributed by atoms with E-state index in [0.717, 1.165) is 22.8 Å². The summed E-state index contributed by atoms with van der Waals surface area (Å²) in [5, 5.41) is 0. The maximum atomic E-state index is 5.87. The molecule has 0 aliphatic heterocycles. The van der Waals surface area contributed by atoms with Crippen LogP contribution in [0.2, 0.25) is 0 Å². The zero-order chi connectivity index (χ0) is 13.8. The van der Waals surface area contributed by atoms with Gasteiger partial charge in [0.15, 0.2) is 0 Å². The van der Waals surface area contributed by atoms with Gasteiger partial charge in [0.2, 0.25) is 0 Å². The van der Waals surface area contributed by atoms with Crippen molar-refractivity contribution in [3.63, 3.8) is 0 Å². The average molecular weight is 257 g/mol. The highest BCUT2D eigenvalue weighted by Crippen LogP contribution is 2.29. The van der Waals surface area contributed by atoms with Crippen molar-refractivity contribution in [2.45, 2.75) is 6.92 Å². The van der Waals surface area contributed by atoms with Crippen molar-refractivity contribution in [2.75, 3.05) is 26.1 Å². The SMILES string of the molecule is COc1ccc(Oc2ccc(N(C)C)cc2C)cc1. The Morgan fingerprint density at radius 1 is 0.895 bits per heavy atom. The molecule has 0 saturated heterocycles. The van der Waals surface area contributed by atoms with Gasteiger partial charge in [-0.25, -0.2) is 0 Å². The normalized spacial score (nSPS) is 10.1. The minimum Gasteiger partial charge on any atom is -0.497 e. The van der Waals surface area contributed by atoms with E-state index in [2.05, 4.69) is 11.0 Å². The van der Waals surface area contributed by atoms with E-state index in [0.29, 0.717) is 0 Å². The number of ether oxygens (including phenoxy) is 2. The number of hydrogen-bond acceptors (Lipinski definition) is 3. The Morgan fingerprint density at radius 2 is 1.53 bits per heavy atom. The summed E-state index contributed by atoms with van der Waals surface area (Å²) in [6.45, 7) is 2.05. The van der Waals surface area contributed by atoms with Crippen LogP contribution in [0.3, 0.4) is 0 Å². The number of aryl methyl sites for hydroxylation is 1. The van der Waals surface area contributed by atoms with Gasteiger partial charge < -0.3 is 14.4 Å². The highest BCUT2D eigenvalue weighted by Gasteiger charge is 2.04. The predicted octanol–water partition coefficient (Wildman–Crippen LogP) is 3.86. The number of rotatable bonds is 4. The molecule has 2 aromatic rings. The summed E-state index contributed by atoms with van der Waals surface area (Å²) in [6.07, 6.45) is 0. The molecule has 0 bridgehead atoms. The molecule has 2 rings (SSSR count). The summed E-state index contributed by atoms with van der Waals surface area (Å²) in [4.78, 5) is 2.07. The lowest BCUT2D eigenvalue weighted by molar-refractivity contribution is 0.412. The van der Waals surface area contributed by atoms with Crippen molar-refractivity contribution < 1.29 is 9.47 Å². The number of methoxy groups -OCH3 is 1. The molecule has 3 heteroatoms. The van der Waals surface area contributed by atoms with E-state index in [1.807, 2.05) is 57.4 Å². The first-order valence-corrected chi connectivity index (χ1v) is 6.20. The smallest absolute Gasteiger partial charge is 0.130 e. The van der Waals surface area contributed by atoms with Gasteiger partial charge in [0.05, 0.1) is 7.11 Å². The van der Waals surface area contributed by atoms with Crippen LogP contribution < -0.4 is 14.4 Å². The van der Waals surface area contributed by atoms with Crippen LogP contribution in [0.5, 0.6) is 17.2 Å². The van der Waals surface area contributed by atoms with Gasteiger partial charge >= 0.3 is 0 Å². The van der Waals surface area contributed by atoms with E-state index in [9.17, 15) is 0 Å². The topological polar surface area (TPSA) is 21.7 Å². The van der Waals surface area contributed by atoms with Crippen molar-refractivity contribution >= 4 is 5.69 Å². The summed E-state index contributed by atoms with van der Waals surface area (Å²) >= 11 is 0. The van der Waals surface area contributed by atoms with E-state index in [1.165, 1.54) is 5.69 Å². The molecule has 100 valence electrons. The number of anilines is 1. The van der Waals surface area contributed by atoms with Gasteiger partial charge in [0.1, 0.15) is 17.2 Å². The van der Waals surface area contributed by atoms with Gasteiger partial charge in [0, 0.05) is 19.8 Å². The molecule has 0 heterocycles. The summed E-state index contributed by atoms with van der Waals surface area (Å²) in [6, 6.07) is 13.7. The van der Waals surface area contributed by atoms with Crippen LogP contribution in [-0.4, -0.2) is 21.2 Å². The second-order valence-electron chi connectivity index (χ2n) is 4.62. The van der Waals surface area contributed by atoms with E-state index in [-0.39, 0.29) is 0 Å². The van der Waals surface area contributed by atoms with Crippen LogP contribution in [0.25, 0.3) is 0 Å². The van der Waals surface area contributed by atoms with Gasteiger partial charge in [-0.3, -0.25) is 0 Å². The van der Waals surface area contributed by atoms with Crippen molar-refractivity contribution in [1.29, 1.82) is 0 Å². The Kier molecular flexibility index (Phi) is 3.95. The maximum Gasteiger partial charge on any atom is 0.130 e. The van der Waals surface area contributed by atoms with Crippen LogP contribution in [0, 0.1) is 6.92 Å². The second kappa shape index (κ2) is 5.65. The van der Waals surface area contributed by atoms with Crippen molar-refractivity contribution in [3.8, 4) is 17.2 Å². The van der Waals surface area contributed by atoms with E-state index >= 15 is 0 Å². The summed E-state index contributed by atoms with van der Waals surface area (Å²) < 4.78 is 11.0. The summed E-state index contributed by atoms with van der Waals surface area (Å²) in [5.74, 6) is 2.50. The molecule has 0 saturated carbocycles. The van der Waals surface area contributed by atoms with Crippen molar-refractivity contribution in [1.82, 2.24) is 0 Å². The minimum absolute atomic E-state index is 0.807. The number of nitrogens with zero attached hydrogens (tertiary/aromatic N) is 1. The molecule has 19 heavy (non-hydrogen) atoms. The molecule has 0 radical (unpaired) electrons. The third-order valence-corrected chi connectivity index (χ3v) is 2.96. The molecule has 0 amide bonds. The Morgan fingerprint density at radius 3 is 2.05 bits per heavy atom. The quantitative estimate of drug-likeness (QED) is 0.830. The van der Waals surface area contributed by atoms with Crippen LogP contribution in [-0.2, 0) is 0 Å². The fraction of sp³-hybridized carbons (Fsp3) is 0.250. The highest BCUT2D eigenvalue weighted by atomic mass is 16.5. The summed E-state index contributed by atoms with van der Waals surface area (Å²) in [7, 11) is 5.71. The Labute approximate surface area is 114 Å². The highest BCUT2D eigenvalue weighted by molar-refractivity contribution is 5.52. The standard InChI is InChI=1S/C16H19NO2/c1-12-11-13(17(2)3)5-10-16(12)19-15-8-6-14(18-4)7-9-15/h5-11H,1-4H3. The van der Waals surface area contributed by atoms with E-state index in [4.69, 9.17) is 9.47 Å². The first-order chi connectivity index (χ1) is 9.10. The molecular weight excluding hydrogens is 238 g/mol.